The van der Waals surface area contributed by atoms with Gasteiger partial charge in [0.2, 0.25) is 0 Å². The van der Waals surface area contributed by atoms with E-state index in [0.717, 1.165) is 16.1 Å². The summed E-state index contributed by atoms with van der Waals surface area (Å²) >= 11 is 3.04. The van der Waals surface area contributed by atoms with Crippen molar-refractivity contribution >= 4 is 28.6 Å². The Balaban J connectivity index is 1.99. The first-order chi connectivity index (χ1) is 11.6. The molecule has 0 unspecified atom stereocenters. The molecule has 0 saturated heterocycles. The minimum atomic E-state index is -0.301. The molecule has 124 valence electrons. The van der Waals surface area contributed by atoms with Crippen molar-refractivity contribution in [2.75, 3.05) is 7.11 Å². The quantitative estimate of drug-likeness (QED) is 0.717. The van der Waals surface area contributed by atoms with Gasteiger partial charge >= 0.3 is 0 Å². The van der Waals surface area contributed by atoms with Crippen LogP contribution in [0.15, 0.2) is 40.3 Å². The normalized spacial score (nSPS) is 11.7. The predicted octanol–water partition coefficient (Wildman–Crippen LogP) is 3.42. The fourth-order valence-electron chi connectivity index (χ4n) is 2.33. The van der Waals surface area contributed by atoms with E-state index in [0.29, 0.717) is 22.7 Å². The molecule has 0 radical (unpaired) electrons. The maximum atomic E-state index is 12.6. The summed E-state index contributed by atoms with van der Waals surface area (Å²) in [4.78, 5) is 23.0. The van der Waals surface area contributed by atoms with Crippen molar-refractivity contribution in [3.05, 3.63) is 61.8 Å². The number of aromatic nitrogens is 2. The lowest BCUT2D eigenvalue weighted by Gasteiger charge is -2.06. The van der Waals surface area contributed by atoms with Crippen LogP contribution in [0.5, 0.6) is 5.75 Å². The van der Waals surface area contributed by atoms with Gasteiger partial charge in [-0.1, -0.05) is 11.6 Å². The first-order valence-corrected chi connectivity index (χ1v) is 9.10. The highest BCUT2D eigenvalue weighted by molar-refractivity contribution is 7.09. The van der Waals surface area contributed by atoms with Crippen molar-refractivity contribution in [2.45, 2.75) is 20.4 Å². The van der Waals surface area contributed by atoms with Crippen LogP contribution in [0.25, 0.3) is 0 Å². The molecule has 0 bridgehead atoms. The molecule has 1 aromatic carbocycles. The molecule has 0 aliphatic rings. The maximum absolute atomic E-state index is 12.6. The third-order valence-corrected chi connectivity index (χ3v) is 5.01. The highest BCUT2D eigenvalue weighted by Crippen LogP contribution is 2.20. The van der Waals surface area contributed by atoms with Crippen LogP contribution in [0.1, 0.15) is 26.5 Å². The molecule has 0 aliphatic carbocycles. The molecule has 0 spiro atoms. The molecule has 2 aromatic heterocycles. The first kappa shape index (κ1) is 16.6. The topological polar surface area (TPSA) is 56.5 Å². The van der Waals surface area contributed by atoms with Crippen LogP contribution in [-0.2, 0) is 6.54 Å². The molecule has 3 aromatic rings. The minimum absolute atomic E-state index is 0.301. The monoisotopic (exact) mass is 359 g/mol. The number of aryl methyl sites for hydroxylation is 2. The molecule has 3 rings (SSSR count). The number of methoxy groups -OCH3 is 1. The highest BCUT2D eigenvalue weighted by atomic mass is 32.1. The van der Waals surface area contributed by atoms with Crippen LogP contribution in [0, 0.1) is 13.8 Å². The van der Waals surface area contributed by atoms with E-state index in [1.807, 2.05) is 36.1 Å². The van der Waals surface area contributed by atoms with Crippen LogP contribution in [-0.4, -0.2) is 22.6 Å². The number of amides is 1. The van der Waals surface area contributed by atoms with Gasteiger partial charge in [-0.3, -0.25) is 4.79 Å². The summed E-state index contributed by atoms with van der Waals surface area (Å²) in [6.45, 7) is 4.54. The highest BCUT2D eigenvalue weighted by Gasteiger charge is 2.13. The summed E-state index contributed by atoms with van der Waals surface area (Å²) in [5.74, 6) is 0.234. The molecule has 2 heterocycles. The molecule has 0 aliphatic heterocycles. The third-order valence-electron chi connectivity index (χ3n) is 3.43. The van der Waals surface area contributed by atoms with Crippen molar-refractivity contribution in [2.24, 2.45) is 4.99 Å². The van der Waals surface area contributed by atoms with Crippen molar-refractivity contribution < 1.29 is 9.53 Å². The van der Waals surface area contributed by atoms with Crippen molar-refractivity contribution in [1.29, 1.82) is 0 Å². The Hall–Kier alpha value is -2.25. The zero-order valence-corrected chi connectivity index (χ0v) is 15.3. The van der Waals surface area contributed by atoms with Crippen LogP contribution in [0.3, 0.4) is 0 Å². The van der Waals surface area contributed by atoms with Gasteiger partial charge < -0.3 is 9.30 Å². The zero-order chi connectivity index (χ0) is 17.1. The van der Waals surface area contributed by atoms with Gasteiger partial charge in [0.1, 0.15) is 5.75 Å². The number of carbonyl (C=O) groups is 1. The summed E-state index contributed by atoms with van der Waals surface area (Å²) < 4.78 is 7.24. The standard InChI is InChI=1S/C17H17N3O2S2/c1-11-4-5-15(22-3)14(6-11)16(21)19-17-20(7-12(2)24-17)8-13-9-23-10-18-13/h4-7,9-10H,8H2,1-3H3. The Bertz CT molecular complexity index is 924. The number of carbonyl (C=O) groups excluding carboxylic acids is 1. The largest absolute Gasteiger partial charge is 0.496 e. The van der Waals surface area contributed by atoms with Gasteiger partial charge in [-0.05, 0) is 26.0 Å². The second-order valence-corrected chi connectivity index (χ2v) is 7.28. The summed E-state index contributed by atoms with van der Waals surface area (Å²) in [5, 5.41) is 2.00. The fraction of sp³-hybridized carbons (Fsp3) is 0.235. The number of thiazole rings is 2. The SMILES string of the molecule is COc1ccc(C)cc1C(=O)N=c1sc(C)cn1Cc1cscn1. The van der Waals surface area contributed by atoms with Crippen molar-refractivity contribution in [3.63, 3.8) is 0 Å². The van der Waals surface area contributed by atoms with Crippen molar-refractivity contribution in [1.82, 2.24) is 9.55 Å². The molecule has 24 heavy (non-hydrogen) atoms. The Morgan fingerprint density at radius 3 is 2.92 bits per heavy atom. The average Bonchev–Trinajstić information content (AvgIpc) is 3.18. The van der Waals surface area contributed by atoms with E-state index in [-0.39, 0.29) is 5.91 Å². The Kier molecular flexibility index (Phi) is 4.92. The Morgan fingerprint density at radius 2 is 2.21 bits per heavy atom. The fourth-order valence-corrected chi connectivity index (χ4v) is 3.71. The van der Waals surface area contributed by atoms with Gasteiger partial charge in [0.15, 0.2) is 4.80 Å². The van der Waals surface area contributed by atoms with E-state index in [9.17, 15) is 4.79 Å². The smallest absolute Gasteiger partial charge is 0.283 e. The second-order valence-electron chi connectivity index (χ2n) is 5.35. The molecule has 0 saturated carbocycles. The summed E-state index contributed by atoms with van der Waals surface area (Å²) in [5.41, 5.74) is 4.23. The lowest BCUT2D eigenvalue weighted by atomic mass is 10.1. The molecule has 0 atom stereocenters. The third kappa shape index (κ3) is 3.63. The van der Waals surface area contributed by atoms with Crippen LogP contribution >= 0.6 is 22.7 Å². The van der Waals surface area contributed by atoms with E-state index in [1.54, 1.807) is 36.1 Å². The molecule has 7 heteroatoms. The van der Waals surface area contributed by atoms with Gasteiger partial charge in [0.25, 0.3) is 5.91 Å². The Labute approximate surface area is 147 Å². The van der Waals surface area contributed by atoms with Gasteiger partial charge in [0.05, 0.1) is 30.4 Å². The number of hydrogen-bond donors (Lipinski definition) is 0. The van der Waals surface area contributed by atoms with E-state index in [1.165, 1.54) is 11.3 Å². The predicted molar refractivity (Wildman–Crippen MR) is 95.9 cm³/mol. The first-order valence-electron chi connectivity index (χ1n) is 7.34. The van der Waals surface area contributed by atoms with E-state index in [2.05, 4.69) is 9.98 Å². The van der Waals surface area contributed by atoms with Gasteiger partial charge in [-0.2, -0.15) is 4.99 Å². The maximum Gasteiger partial charge on any atom is 0.283 e. The van der Waals surface area contributed by atoms with Crippen LogP contribution < -0.4 is 9.54 Å². The summed E-state index contributed by atoms with van der Waals surface area (Å²) in [7, 11) is 1.55. The average molecular weight is 359 g/mol. The number of ether oxygens (including phenoxy) is 1. The molecule has 1 amide bonds. The van der Waals surface area contributed by atoms with Crippen LogP contribution in [0.2, 0.25) is 0 Å². The second kappa shape index (κ2) is 7.11. The minimum Gasteiger partial charge on any atom is -0.496 e. The molecular weight excluding hydrogens is 342 g/mol. The summed E-state index contributed by atoms with van der Waals surface area (Å²) in [6, 6.07) is 5.50. The van der Waals surface area contributed by atoms with Gasteiger partial charge in [-0.25, -0.2) is 4.98 Å². The Morgan fingerprint density at radius 1 is 1.38 bits per heavy atom. The van der Waals surface area contributed by atoms with Crippen LogP contribution in [0.4, 0.5) is 0 Å². The summed E-state index contributed by atoms with van der Waals surface area (Å²) in [6.07, 6.45) is 1.99. The number of rotatable bonds is 4. The van der Waals surface area contributed by atoms with Gasteiger partial charge in [-0.15, -0.1) is 22.7 Å². The van der Waals surface area contributed by atoms with Gasteiger partial charge in [0, 0.05) is 16.5 Å². The van der Waals surface area contributed by atoms with E-state index >= 15 is 0 Å². The number of benzene rings is 1. The lowest BCUT2D eigenvalue weighted by Crippen LogP contribution is -2.17. The molecule has 0 fully saturated rings. The molecular formula is C17H17N3O2S2. The van der Waals surface area contributed by atoms with E-state index in [4.69, 9.17) is 4.74 Å². The van der Waals surface area contributed by atoms with E-state index < -0.39 is 0 Å². The zero-order valence-electron chi connectivity index (χ0n) is 13.6. The number of nitrogens with zero attached hydrogens (tertiary/aromatic N) is 3. The molecule has 5 nitrogen and oxygen atoms in total. The lowest BCUT2D eigenvalue weighted by molar-refractivity contribution is 0.0995. The van der Waals surface area contributed by atoms with Crippen molar-refractivity contribution in [3.8, 4) is 5.75 Å². The molecule has 0 N–H and O–H groups in total. The number of hydrogen-bond acceptors (Lipinski definition) is 5.